The number of fused-ring (bicyclic) bond motifs is 4. The van der Waals surface area contributed by atoms with Crippen molar-refractivity contribution in [1.29, 1.82) is 0 Å². The molecule has 1 amide bonds. The average Bonchev–Trinajstić information content (AvgIpc) is 2.86. The summed E-state index contributed by atoms with van der Waals surface area (Å²) >= 11 is 11.9. The lowest BCUT2D eigenvalue weighted by Gasteiger charge is -2.31. The summed E-state index contributed by atoms with van der Waals surface area (Å²) in [5, 5.41) is 3.85. The Bertz CT molecular complexity index is 878. The minimum absolute atomic E-state index is 0.0118. The Morgan fingerprint density at radius 3 is 2.79 bits per heavy atom. The van der Waals surface area contributed by atoms with Gasteiger partial charge < -0.3 is 10.3 Å². The molecule has 3 atom stereocenters. The first-order valence-corrected chi connectivity index (χ1v) is 8.76. The third-order valence-corrected chi connectivity index (χ3v) is 5.95. The molecule has 6 heteroatoms. The number of hydrogen-bond acceptors (Lipinski definition) is 2. The fraction of sp³-hybridized carbons (Fsp3) is 0.333. The lowest BCUT2D eigenvalue weighted by atomic mass is 9.75. The first-order valence-electron chi connectivity index (χ1n) is 8.00. The normalized spacial score (nSPS) is 24.5. The molecule has 1 fully saturated rings. The number of carbonyl (C=O) groups excluding carboxylic acids is 1. The summed E-state index contributed by atoms with van der Waals surface area (Å²) in [5.41, 5.74) is 2.77. The molecule has 0 radical (unpaired) electrons. The van der Waals surface area contributed by atoms with Gasteiger partial charge in [0.15, 0.2) is 0 Å². The molecule has 1 unspecified atom stereocenters. The van der Waals surface area contributed by atoms with Gasteiger partial charge in [-0.25, -0.2) is 0 Å². The first-order chi connectivity index (χ1) is 11.5. The molecule has 2 aliphatic rings. The van der Waals surface area contributed by atoms with E-state index in [0.717, 1.165) is 30.4 Å². The number of amides is 1. The van der Waals surface area contributed by atoms with Crippen LogP contribution in [0.2, 0.25) is 10.0 Å². The Balaban J connectivity index is 1.60. The molecule has 1 aromatic heterocycles. The number of anilines is 1. The highest BCUT2D eigenvalue weighted by molar-refractivity contribution is 6.42. The number of rotatable bonds is 2. The van der Waals surface area contributed by atoms with Crippen LogP contribution < -0.4 is 10.9 Å². The van der Waals surface area contributed by atoms with Crippen LogP contribution in [0, 0.1) is 11.8 Å². The van der Waals surface area contributed by atoms with Crippen LogP contribution in [0.25, 0.3) is 0 Å². The van der Waals surface area contributed by atoms with E-state index in [2.05, 4.69) is 10.3 Å². The van der Waals surface area contributed by atoms with E-state index in [4.69, 9.17) is 23.2 Å². The predicted octanol–water partition coefficient (Wildman–Crippen LogP) is 3.99. The van der Waals surface area contributed by atoms with E-state index in [1.165, 1.54) is 0 Å². The molecule has 0 spiro atoms. The van der Waals surface area contributed by atoms with Crippen LogP contribution in [0.1, 0.15) is 29.9 Å². The van der Waals surface area contributed by atoms with Crippen molar-refractivity contribution in [2.24, 2.45) is 11.8 Å². The quantitative estimate of drug-likeness (QED) is 0.848. The number of nitrogens with one attached hydrogen (secondary N) is 2. The second-order valence-electron chi connectivity index (χ2n) is 6.57. The van der Waals surface area contributed by atoms with Gasteiger partial charge in [0.25, 0.3) is 0 Å². The van der Waals surface area contributed by atoms with Crippen LogP contribution >= 0.6 is 23.2 Å². The first kappa shape index (κ1) is 15.7. The van der Waals surface area contributed by atoms with E-state index >= 15 is 0 Å². The Labute approximate surface area is 149 Å². The number of aromatic nitrogens is 1. The Hall–Kier alpha value is -1.78. The number of benzene rings is 1. The Morgan fingerprint density at radius 2 is 2.00 bits per heavy atom. The predicted molar refractivity (Wildman–Crippen MR) is 94.8 cm³/mol. The van der Waals surface area contributed by atoms with Crippen LogP contribution in [-0.4, -0.2) is 10.9 Å². The zero-order valence-corrected chi connectivity index (χ0v) is 14.3. The number of aromatic amines is 1. The summed E-state index contributed by atoms with van der Waals surface area (Å²) in [7, 11) is 0. The minimum atomic E-state index is -0.0770. The van der Waals surface area contributed by atoms with Gasteiger partial charge in [0, 0.05) is 23.9 Å². The second-order valence-corrected chi connectivity index (χ2v) is 7.38. The molecule has 124 valence electrons. The third kappa shape index (κ3) is 2.64. The Morgan fingerprint density at radius 1 is 1.17 bits per heavy atom. The monoisotopic (exact) mass is 362 g/mol. The lowest BCUT2D eigenvalue weighted by Crippen LogP contribution is -2.34. The van der Waals surface area contributed by atoms with E-state index in [1.54, 1.807) is 30.5 Å². The molecule has 0 aliphatic heterocycles. The molecule has 2 aromatic rings. The van der Waals surface area contributed by atoms with Crippen LogP contribution in [0.3, 0.4) is 0 Å². The molecule has 1 saturated carbocycles. The van der Waals surface area contributed by atoms with Crippen molar-refractivity contribution in [2.45, 2.75) is 25.2 Å². The SMILES string of the molecule is O=C(Nc1ccc(Cl)c(Cl)c1)C1[C@@H]2CC[C@@H]1c1c[nH]c(=O)cc1C2. The molecule has 2 bridgehead atoms. The van der Waals surface area contributed by atoms with Gasteiger partial charge in [-0.1, -0.05) is 23.2 Å². The molecule has 0 saturated heterocycles. The summed E-state index contributed by atoms with van der Waals surface area (Å²) in [5.74, 6) is 0.390. The van der Waals surface area contributed by atoms with Gasteiger partial charge in [-0.3, -0.25) is 9.59 Å². The maximum absolute atomic E-state index is 12.8. The van der Waals surface area contributed by atoms with Gasteiger partial charge in [0.1, 0.15) is 0 Å². The summed E-state index contributed by atoms with van der Waals surface area (Å²) in [6.07, 6.45) is 4.55. The molecule has 2 aliphatic carbocycles. The minimum Gasteiger partial charge on any atom is -0.329 e. The standard InChI is InChI=1S/C18H16Cl2N2O2/c19-14-4-2-11(7-15(14)20)22-18(24)17-9-1-3-12(17)13-8-21-16(23)6-10(13)5-9/h2,4,6-9,12,17H,1,3,5H2,(H,21,23)(H,22,24)/t9-,12-,17?/m1/s1. The smallest absolute Gasteiger partial charge is 0.248 e. The zero-order valence-electron chi connectivity index (χ0n) is 12.8. The van der Waals surface area contributed by atoms with Gasteiger partial charge in [0.2, 0.25) is 11.5 Å². The van der Waals surface area contributed by atoms with Gasteiger partial charge in [-0.05, 0) is 60.4 Å². The highest BCUT2D eigenvalue weighted by Gasteiger charge is 2.45. The van der Waals surface area contributed by atoms with Crippen LogP contribution in [0.15, 0.2) is 35.3 Å². The molecule has 4 rings (SSSR count). The highest BCUT2D eigenvalue weighted by Crippen LogP contribution is 2.50. The summed E-state index contributed by atoms with van der Waals surface area (Å²) in [6.45, 7) is 0. The van der Waals surface area contributed by atoms with Crippen molar-refractivity contribution < 1.29 is 4.79 Å². The van der Waals surface area contributed by atoms with Gasteiger partial charge in [-0.2, -0.15) is 0 Å². The van der Waals surface area contributed by atoms with Crippen LogP contribution in [0.4, 0.5) is 5.69 Å². The summed E-state index contributed by atoms with van der Waals surface area (Å²) < 4.78 is 0. The van der Waals surface area contributed by atoms with Crippen molar-refractivity contribution in [3.05, 3.63) is 62.0 Å². The maximum Gasteiger partial charge on any atom is 0.248 e. The van der Waals surface area contributed by atoms with Crippen molar-refractivity contribution >= 4 is 34.8 Å². The Kier molecular flexibility index (Phi) is 3.89. The number of pyridine rings is 1. The topological polar surface area (TPSA) is 62.0 Å². The summed E-state index contributed by atoms with van der Waals surface area (Å²) in [4.78, 5) is 27.1. The molecular weight excluding hydrogens is 347 g/mol. The van der Waals surface area contributed by atoms with Crippen molar-refractivity contribution in [3.8, 4) is 0 Å². The summed E-state index contributed by atoms with van der Waals surface area (Å²) in [6, 6.07) is 6.77. The molecule has 1 aromatic carbocycles. The number of H-pyrrole nitrogens is 1. The van der Waals surface area contributed by atoms with Crippen LogP contribution in [-0.2, 0) is 11.2 Å². The van der Waals surface area contributed by atoms with E-state index in [1.807, 2.05) is 0 Å². The number of hydrogen-bond donors (Lipinski definition) is 2. The molecule has 2 N–H and O–H groups in total. The van der Waals surface area contributed by atoms with E-state index in [9.17, 15) is 9.59 Å². The van der Waals surface area contributed by atoms with Crippen molar-refractivity contribution in [1.82, 2.24) is 4.98 Å². The maximum atomic E-state index is 12.8. The fourth-order valence-electron chi connectivity index (χ4n) is 4.18. The second kappa shape index (κ2) is 5.94. The lowest BCUT2D eigenvalue weighted by molar-refractivity contribution is -0.121. The molecular formula is C18H16Cl2N2O2. The largest absolute Gasteiger partial charge is 0.329 e. The van der Waals surface area contributed by atoms with Gasteiger partial charge >= 0.3 is 0 Å². The van der Waals surface area contributed by atoms with Gasteiger partial charge in [0.05, 0.1) is 10.0 Å². The number of halogens is 2. The number of carbonyl (C=O) groups is 1. The van der Waals surface area contributed by atoms with E-state index in [0.29, 0.717) is 15.7 Å². The van der Waals surface area contributed by atoms with Crippen molar-refractivity contribution in [3.63, 3.8) is 0 Å². The molecule has 1 heterocycles. The van der Waals surface area contributed by atoms with E-state index in [-0.39, 0.29) is 29.2 Å². The van der Waals surface area contributed by atoms with Gasteiger partial charge in [-0.15, -0.1) is 0 Å². The average molecular weight is 363 g/mol. The fourth-order valence-corrected chi connectivity index (χ4v) is 4.48. The highest BCUT2D eigenvalue weighted by atomic mass is 35.5. The van der Waals surface area contributed by atoms with E-state index < -0.39 is 0 Å². The third-order valence-electron chi connectivity index (χ3n) is 5.21. The molecule has 4 nitrogen and oxygen atoms in total. The molecule has 24 heavy (non-hydrogen) atoms. The van der Waals surface area contributed by atoms with Crippen molar-refractivity contribution in [2.75, 3.05) is 5.32 Å². The van der Waals surface area contributed by atoms with Crippen LogP contribution in [0.5, 0.6) is 0 Å². The zero-order chi connectivity index (χ0) is 16.8.